The molecule has 10 heteroatoms. The topological polar surface area (TPSA) is 101 Å². The molecule has 0 spiro atoms. The number of hydrogen-bond acceptors (Lipinski definition) is 10. The lowest BCUT2D eigenvalue weighted by Crippen LogP contribution is -2.18. The molecular weight excluding hydrogens is 394 g/mol. The Kier molecular flexibility index (Phi) is 6.63. The molecule has 8 nitrogen and oxygen atoms in total. The first kappa shape index (κ1) is 20.3. The summed E-state index contributed by atoms with van der Waals surface area (Å²) in [4.78, 5) is 27.9. The molecule has 3 aromatic rings. The van der Waals surface area contributed by atoms with E-state index in [4.69, 9.17) is 0 Å². The number of rotatable bonds is 7. The summed E-state index contributed by atoms with van der Waals surface area (Å²) in [6.07, 6.45) is 2.94. The van der Waals surface area contributed by atoms with Gasteiger partial charge in [-0.1, -0.05) is 43.4 Å². The van der Waals surface area contributed by atoms with E-state index in [1.807, 2.05) is 39.8 Å². The predicted octanol–water partition coefficient (Wildman–Crippen LogP) is 4.07. The fourth-order valence-electron chi connectivity index (χ4n) is 2.53. The normalized spacial score (nSPS) is 10.9. The van der Waals surface area contributed by atoms with Crippen molar-refractivity contribution in [2.24, 2.45) is 0 Å². The van der Waals surface area contributed by atoms with Crippen molar-refractivity contribution in [3.63, 3.8) is 0 Å². The summed E-state index contributed by atoms with van der Waals surface area (Å²) in [7, 11) is 0. The van der Waals surface area contributed by atoms with Crippen LogP contribution in [0.5, 0.6) is 5.75 Å². The lowest BCUT2D eigenvalue weighted by atomic mass is 10.1. The average Bonchev–Trinajstić information content (AvgIpc) is 2.69. The molecule has 0 aliphatic rings. The first-order chi connectivity index (χ1) is 13.5. The van der Waals surface area contributed by atoms with Crippen LogP contribution < -0.4 is 4.90 Å². The van der Waals surface area contributed by atoms with Crippen molar-refractivity contribution >= 4 is 41.1 Å². The van der Waals surface area contributed by atoms with Gasteiger partial charge in [0, 0.05) is 5.56 Å². The van der Waals surface area contributed by atoms with Crippen LogP contribution in [0.4, 0.5) is 17.6 Å². The fourth-order valence-corrected chi connectivity index (χ4v) is 3.58. The minimum atomic E-state index is 0.219. The third kappa shape index (κ3) is 4.33. The predicted molar refractivity (Wildman–Crippen MR) is 112 cm³/mol. The van der Waals surface area contributed by atoms with E-state index in [0.29, 0.717) is 33.5 Å². The van der Waals surface area contributed by atoms with E-state index in [2.05, 4.69) is 29.9 Å². The summed E-state index contributed by atoms with van der Waals surface area (Å²) in [5.41, 5.74) is 2.17. The van der Waals surface area contributed by atoms with Crippen LogP contribution in [0.1, 0.15) is 25.0 Å². The lowest BCUT2D eigenvalue weighted by Gasteiger charge is -2.23. The lowest BCUT2D eigenvalue weighted by molar-refractivity contribution is 0.467. The summed E-state index contributed by atoms with van der Waals surface area (Å²) < 4.78 is 0. The van der Waals surface area contributed by atoms with Crippen molar-refractivity contribution in [1.82, 2.24) is 29.9 Å². The highest BCUT2D eigenvalue weighted by Gasteiger charge is 2.23. The summed E-state index contributed by atoms with van der Waals surface area (Å²) in [6, 6.07) is 3.74. The van der Waals surface area contributed by atoms with Crippen molar-refractivity contribution in [3.05, 3.63) is 35.9 Å². The van der Waals surface area contributed by atoms with Gasteiger partial charge in [0.1, 0.15) is 18.4 Å². The maximum atomic E-state index is 10.5. The van der Waals surface area contributed by atoms with Crippen molar-refractivity contribution in [2.45, 2.75) is 38.0 Å². The molecule has 0 unspecified atom stereocenters. The number of hydrogen-bond donors (Lipinski definition) is 1. The molecule has 0 saturated heterocycles. The van der Waals surface area contributed by atoms with Gasteiger partial charge in [-0.3, -0.25) is 0 Å². The Hall–Kier alpha value is -2.46. The highest BCUT2D eigenvalue weighted by molar-refractivity contribution is 7.99. The molecule has 1 aromatic carbocycles. The van der Waals surface area contributed by atoms with E-state index in [0.717, 1.165) is 17.1 Å². The first-order valence-corrected chi connectivity index (χ1v) is 10.7. The van der Waals surface area contributed by atoms with Gasteiger partial charge in [0.15, 0.2) is 10.3 Å². The van der Waals surface area contributed by atoms with Gasteiger partial charge in [-0.25, -0.2) is 24.8 Å². The number of benzene rings is 1. The van der Waals surface area contributed by atoms with Crippen LogP contribution in [-0.2, 0) is 0 Å². The number of anilines is 3. The Bertz CT molecular complexity index is 921. The number of aromatic nitrogens is 6. The van der Waals surface area contributed by atoms with E-state index >= 15 is 0 Å². The van der Waals surface area contributed by atoms with E-state index < -0.39 is 0 Å². The van der Waals surface area contributed by atoms with Gasteiger partial charge in [0.25, 0.3) is 0 Å². The molecule has 0 fully saturated rings. The smallest absolute Gasteiger partial charge is 0.241 e. The molecule has 146 valence electrons. The van der Waals surface area contributed by atoms with Crippen molar-refractivity contribution < 1.29 is 5.11 Å². The first-order valence-electron chi connectivity index (χ1n) is 8.78. The molecule has 0 bridgehead atoms. The van der Waals surface area contributed by atoms with Gasteiger partial charge < -0.3 is 5.11 Å². The molecule has 2 heterocycles. The van der Waals surface area contributed by atoms with Gasteiger partial charge >= 0.3 is 0 Å². The zero-order chi connectivity index (χ0) is 20.1. The molecule has 0 saturated carbocycles. The zero-order valence-corrected chi connectivity index (χ0v) is 17.8. The largest absolute Gasteiger partial charge is 0.507 e. The Morgan fingerprint density at radius 1 is 0.857 bits per heavy atom. The van der Waals surface area contributed by atoms with Crippen LogP contribution in [0.2, 0.25) is 0 Å². The standard InChI is InChI=1S/C18H21N7OS2/c1-5-27-17-21-9-19-15(23-17)25(13-8-7-11(3)14(26)12(13)4)16-20-10-22-18(24-16)28-6-2/h7-10,26H,5-6H2,1-4H3. The van der Waals surface area contributed by atoms with Gasteiger partial charge in [0.05, 0.1) is 5.69 Å². The molecule has 2 aromatic heterocycles. The second-order valence-electron chi connectivity index (χ2n) is 5.71. The van der Waals surface area contributed by atoms with Crippen molar-refractivity contribution in [1.29, 1.82) is 0 Å². The van der Waals surface area contributed by atoms with Crippen LogP contribution in [0.25, 0.3) is 0 Å². The zero-order valence-electron chi connectivity index (χ0n) is 16.1. The van der Waals surface area contributed by atoms with E-state index in [1.165, 1.54) is 36.2 Å². The maximum absolute atomic E-state index is 10.5. The monoisotopic (exact) mass is 415 g/mol. The molecule has 0 aliphatic heterocycles. The van der Waals surface area contributed by atoms with E-state index in [1.54, 1.807) is 4.90 Å². The van der Waals surface area contributed by atoms with Crippen LogP contribution in [0, 0.1) is 13.8 Å². The second kappa shape index (κ2) is 9.16. The molecular formula is C18H21N7OS2. The summed E-state index contributed by atoms with van der Waals surface area (Å²) in [6.45, 7) is 7.77. The third-order valence-corrected chi connectivity index (χ3v) is 5.35. The van der Waals surface area contributed by atoms with E-state index in [-0.39, 0.29) is 5.75 Å². The van der Waals surface area contributed by atoms with E-state index in [9.17, 15) is 5.11 Å². The SMILES string of the molecule is CCSc1ncnc(N(c2ncnc(SCC)n2)c2ccc(C)c(O)c2C)n1. The highest BCUT2D eigenvalue weighted by atomic mass is 32.2. The third-order valence-electron chi connectivity index (χ3n) is 3.87. The van der Waals surface area contributed by atoms with Crippen LogP contribution in [0.3, 0.4) is 0 Å². The van der Waals surface area contributed by atoms with Gasteiger partial charge in [-0.15, -0.1) is 0 Å². The summed E-state index contributed by atoms with van der Waals surface area (Å²) in [5.74, 6) is 2.68. The fraction of sp³-hybridized carbons (Fsp3) is 0.333. The van der Waals surface area contributed by atoms with Crippen LogP contribution in [-0.4, -0.2) is 46.5 Å². The highest BCUT2D eigenvalue weighted by Crippen LogP contribution is 2.37. The Morgan fingerprint density at radius 2 is 1.39 bits per heavy atom. The Balaban J connectivity index is 2.19. The number of phenolic OH excluding ortho intramolecular Hbond substituents is 1. The average molecular weight is 416 g/mol. The number of aromatic hydroxyl groups is 1. The van der Waals surface area contributed by atoms with Gasteiger partial charge in [-0.2, -0.15) is 9.97 Å². The number of aryl methyl sites for hydroxylation is 1. The number of nitrogens with zero attached hydrogens (tertiary/aromatic N) is 7. The molecule has 0 amide bonds. The van der Waals surface area contributed by atoms with Crippen LogP contribution in [0.15, 0.2) is 35.1 Å². The van der Waals surface area contributed by atoms with Gasteiger partial charge in [0.2, 0.25) is 11.9 Å². The molecule has 3 rings (SSSR count). The van der Waals surface area contributed by atoms with Gasteiger partial charge in [-0.05, 0) is 37.0 Å². The molecule has 28 heavy (non-hydrogen) atoms. The number of thioether (sulfide) groups is 2. The Morgan fingerprint density at radius 3 is 1.89 bits per heavy atom. The minimum absolute atomic E-state index is 0.219. The summed E-state index contributed by atoms with van der Waals surface area (Å²) in [5, 5.41) is 11.7. The van der Waals surface area contributed by atoms with Crippen LogP contribution >= 0.6 is 23.5 Å². The Labute approximate surface area is 172 Å². The maximum Gasteiger partial charge on any atom is 0.241 e. The number of phenols is 1. The molecule has 0 aliphatic carbocycles. The quantitative estimate of drug-likeness (QED) is 0.568. The molecule has 0 atom stereocenters. The second-order valence-corrected chi connectivity index (χ2v) is 8.18. The van der Waals surface area contributed by atoms with Crippen molar-refractivity contribution in [2.75, 3.05) is 16.4 Å². The molecule has 1 N–H and O–H groups in total. The minimum Gasteiger partial charge on any atom is -0.507 e. The summed E-state index contributed by atoms with van der Waals surface area (Å²) >= 11 is 3.05. The molecule has 0 radical (unpaired) electrons. The van der Waals surface area contributed by atoms with Crippen molar-refractivity contribution in [3.8, 4) is 5.75 Å².